The quantitative estimate of drug-likeness (QED) is 0.748. The Kier molecular flexibility index (Phi) is 5.63. The maximum atomic E-state index is 13.5. The summed E-state index contributed by atoms with van der Waals surface area (Å²) in [5, 5.41) is 2.12. The van der Waals surface area contributed by atoms with Gasteiger partial charge in [0.05, 0.1) is 6.04 Å². The van der Waals surface area contributed by atoms with Gasteiger partial charge in [-0.1, -0.05) is 24.3 Å². The summed E-state index contributed by atoms with van der Waals surface area (Å²) in [5.74, 6) is 0.578. The van der Waals surface area contributed by atoms with Gasteiger partial charge in [-0.2, -0.15) is 0 Å². The maximum absolute atomic E-state index is 13.5. The van der Waals surface area contributed by atoms with Crippen LogP contribution in [0.5, 0.6) is 0 Å². The fourth-order valence-corrected chi connectivity index (χ4v) is 5.08. The van der Waals surface area contributed by atoms with Gasteiger partial charge in [0, 0.05) is 32.1 Å². The molecule has 2 heterocycles. The third kappa shape index (κ3) is 4.17. The highest BCUT2D eigenvalue weighted by atomic mass is 32.1. The number of nitrogens with zero attached hydrogens (tertiary/aromatic N) is 3. The molecule has 1 fully saturated rings. The van der Waals surface area contributed by atoms with Crippen molar-refractivity contribution in [3.05, 3.63) is 57.3 Å². The van der Waals surface area contributed by atoms with E-state index in [0.717, 1.165) is 19.3 Å². The molecular formula is C23H29N3O2S. The average molecular weight is 412 g/mol. The SMILES string of the molecule is Cc1ccccc1[C@@H]1c2ccsc2CCN1C(=O)CN(CC1CC1)C(=O)N(C)C. The Balaban J connectivity index is 1.62. The van der Waals surface area contributed by atoms with Gasteiger partial charge < -0.3 is 14.7 Å². The van der Waals surface area contributed by atoms with Crippen LogP contribution in [0.2, 0.25) is 0 Å². The van der Waals surface area contributed by atoms with Crippen molar-refractivity contribution in [1.29, 1.82) is 0 Å². The summed E-state index contributed by atoms with van der Waals surface area (Å²) in [6.45, 7) is 3.62. The lowest BCUT2D eigenvalue weighted by Gasteiger charge is -2.38. The second-order valence-electron chi connectivity index (χ2n) is 8.40. The number of carbonyl (C=O) groups is 2. The van der Waals surface area contributed by atoms with E-state index in [2.05, 4.69) is 30.5 Å². The van der Waals surface area contributed by atoms with E-state index in [4.69, 9.17) is 0 Å². The molecule has 0 N–H and O–H groups in total. The molecule has 5 nitrogen and oxygen atoms in total. The minimum absolute atomic E-state index is 0.0333. The van der Waals surface area contributed by atoms with Crippen molar-refractivity contribution in [1.82, 2.24) is 14.7 Å². The van der Waals surface area contributed by atoms with Gasteiger partial charge in [-0.25, -0.2) is 4.79 Å². The number of hydrogen-bond donors (Lipinski definition) is 0. The summed E-state index contributed by atoms with van der Waals surface area (Å²) < 4.78 is 0. The topological polar surface area (TPSA) is 43.9 Å². The van der Waals surface area contributed by atoms with Crippen LogP contribution in [0.25, 0.3) is 0 Å². The Bertz CT molecular complexity index is 903. The van der Waals surface area contributed by atoms with Gasteiger partial charge in [0.25, 0.3) is 0 Å². The van der Waals surface area contributed by atoms with Crippen molar-refractivity contribution in [3.8, 4) is 0 Å². The van der Waals surface area contributed by atoms with E-state index in [1.54, 1.807) is 35.2 Å². The highest BCUT2D eigenvalue weighted by molar-refractivity contribution is 7.10. The number of rotatable bonds is 5. The summed E-state index contributed by atoms with van der Waals surface area (Å²) in [6, 6.07) is 10.3. The van der Waals surface area contributed by atoms with Crippen LogP contribution in [0.3, 0.4) is 0 Å². The molecule has 1 aromatic carbocycles. The van der Waals surface area contributed by atoms with Crippen molar-refractivity contribution in [2.75, 3.05) is 33.7 Å². The number of hydrogen-bond acceptors (Lipinski definition) is 3. The van der Waals surface area contributed by atoms with Crippen LogP contribution in [0.1, 0.15) is 40.5 Å². The van der Waals surface area contributed by atoms with Crippen LogP contribution < -0.4 is 0 Å². The molecule has 0 radical (unpaired) electrons. The zero-order chi connectivity index (χ0) is 20.5. The lowest BCUT2D eigenvalue weighted by molar-refractivity contribution is -0.134. The van der Waals surface area contributed by atoms with E-state index in [1.807, 2.05) is 17.0 Å². The first-order chi connectivity index (χ1) is 14.0. The number of benzene rings is 1. The standard InChI is InChI=1S/C23H29N3O2S/c1-16-6-4-5-7-18(16)22-19-11-13-29-20(19)10-12-26(22)21(27)15-25(14-17-8-9-17)23(28)24(2)3/h4-7,11,13,17,22H,8-10,12,14-15H2,1-3H3/t22-/m1/s1. The molecule has 1 aliphatic carbocycles. The summed E-state index contributed by atoms with van der Waals surface area (Å²) in [5.41, 5.74) is 3.60. The average Bonchev–Trinajstić information content (AvgIpc) is 3.39. The van der Waals surface area contributed by atoms with E-state index in [-0.39, 0.29) is 24.5 Å². The van der Waals surface area contributed by atoms with Crippen molar-refractivity contribution in [2.45, 2.75) is 32.2 Å². The Morgan fingerprint density at radius 3 is 2.59 bits per heavy atom. The molecule has 0 spiro atoms. The molecule has 154 valence electrons. The first-order valence-corrected chi connectivity index (χ1v) is 11.2. The van der Waals surface area contributed by atoms with Gasteiger partial charge in [-0.15, -0.1) is 11.3 Å². The molecular weight excluding hydrogens is 382 g/mol. The zero-order valence-electron chi connectivity index (χ0n) is 17.4. The van der Waals surface area contributed by atoms with Crippen LogP contribution in [-0.4, -0.2) is 60.4 Å². The van der Waals surface area contributed by atoms with E-state index < -0.39 is 0 Å². The van der Waals surface area contributed by atoms with Crippen LogP contribution in [0, 0.1) is 12.8 Å². The molecule has 2 aromatic rings. The lowest BCUT2D eigenvalue weighted by atomic mass is 9.90. The molecule has 4 rings (SSSR count). The van der Waals surface area contributed by atoms with Gasteiger partial charge in [0.15, 0.2) is 0 Å². The Labute approximate surface area is 176 Å². The number of amides is 3. The predicted octanol–water partition coefficient (Wildman–Crippen LogP) is 3.92. The van der Waals surface area contributed by atoms with Gasteiger partial charge in [-0.05, 0) is 60.2 Å². The minimum atomic E-state index is -0.0778. The van der Waals surface area contributed by atoms with E-state index in [9.17, 15) is 9.59 Å². The molecule has 29 heavy (non-hydrogen) atoms. The van der Waals surface area contributed by atoms with Crippen molar-refractivity contribution >= 4 is 23.3 Å². The summed E-state index contributed by atoms with van der Waals surface area (Å²) >= 11 is 1.77. The number of thiophene rings is 1. The number of fused-ring (bicyclic) bond motifs is 1. The summed E-state index contributed by atoms with van der Waals surface area (Å²) in [6.07, 6.45) is 3.18. The van der Waals surface area contributed by atoms with Crippen LogP contribution in [0.4, 0.5) is 4.79 Å². The zero-order valence-corrected chi connectivity index (χ0v) is 18.2. The van der Waals surface area contributed by atoms with Gasteiger partial charge >= 0.3 is 6.03 Å². The monoisotopic (exact) mass is 411 g/mol. The van der Waals surface area contributed by atoms with Crippen LogP contribution >= 0.6 is 11.3 Å². The van der Waals surface area contributed by atoms with E-state index in [0.29, 0.717) is 19.0 Å². The van der Waals surface area contributed by atoms with Crippen molar-refractivity contribution in [3.63, 3.8) is 0 Å². The smallest absolute Gasteiger partial charge is 0.319 e. The fraction of sp³-hybridized carbons (Fsp3) is 0.478. The highest BCUT2D eigenvalue weighted by Gasteiger charge is 2.36. The summed E-state index contributed by atoms with van der Waals surface area (Å²) in [4.78, 5) is 32.8. The van der Waals surface area contributed by atoms with Crippen molar-refractivity contribution < 1.29 is 9.59 Å². The van der Waals surface area contributed by atoms with Crippen molar-refractivity contribution in [2.24, 2.45) is 5.92 Å². The minimum Gasteiger partial charge on any atom is -0.331 e. The molecule has 1 saturated carbocycles. The second kappa shape index (κ2) is 8.19. The molecule has 0 bridgehead atoms. The lowest BCUT2D eigenvalue weighted by Crippen LogP contribution is -2.49. The number of aryl methyl sites for hydroxylation is 1. The van der Waals surface area contributed by atoms with Gasteiger partial charge in [0.2, 0.25) is 5.91 Å². The number of carbonyl (C=O) groups excluding carboxylic acids is 2. The molecule has 0 saturated heterocycles. The third-order valence-electron chi connectivity index (χ3n) is 5.92. The third-order valence-corrected chi connectivity index (χ3v) is 6.92. The molecule has 1 aliphatic heterocycles. The Morgan fingerprint density at radius 1 is 1.14 bits per heavy atom. The fourth-order valence-electron chi connectivity index (χ4n) is 4.17. The van der Waals surface area contributed by atoms with E-state index >= 15 is 0 Å². The highest BCUT2D eigenvalue weighted by Crippen LogP contribution is 2.39. The first-order valence-electron chi connectivity index (χ1n) is 10.3. The number of urea groups is 1. The second-order valence-corrected chi connectivity index (χ2v) is 9.40. The molecule has 1 atom stereocenters. The molecule has 2 aliphatic rings. The normalized spacial score (nSPS) is 18.3. The van der Waals surface area contributed by atoms with Gasteiger partial charge in [-0.3, -0.25) is 4.79 Å². The summed E-state index contributed by atoms with van der Waals surface area (Å²) in [7, 11) is 3.50. The molecule has 3 amide bonds. The molecule has 0 unspecified atom stereocenters. The van der Waals surface area contributed by atoms with Crippen LogP contribution in [-0.2, 0) is 11.2 Å². The predicted molar refractivity (Wildman–Crippen MR) is 116 cm³/mol. The Morgan fingerprint density at radius 2 is 1.90 bits per heavy atom. The van der Waals surface area contributed by atoms with Gasteiger partial charge in [0.1, 0.15) is 6.54 Å². The molecule has 6 heteroatoms. The Hall–Kier alpha value is -2.34. The maximum Gasteiger partial charge on any atom is 0.319 e. The first kappa shape index (κ1) is 20.0. The van der Waals surface area contributed by atoms with E-state index in [1.165, 1.54) is 21.6 Å². The molecule has 1 aromatic heterocycles. The largest absolute Gasteiger partial charge is 0.331 e. The van der Waals surface area contributed by atoms with Crippen LogP contribution in [0.15, 0.2) is 35.7 Å².